The third-order valence-corrected chi connectivity index (χ3v) is 4.89. The van der Waals surface area contributed by atoms with E-state index in [2.05, 4.69) is 10.6 Å². The van der Waals surface area contributed by atoms with Crippen LogP contribution in [0.25, 0.3) is 0 Å². The van der Waals surface area contributed by atoms with Gasteiger partial charge in [0.1, 0.15) is 5.69 Å². The van der Waals surface area contributed by atoms with Gasteiger partial charge in [0.15, 0.2) is 6.61 Å². The maximum atomic E-state index is 12.3. The van der Waals surface area contributed by atoms with Gasteiger partial charge in [-0.25, -0.2) is 4.79 Å². The normalized spacial score (nSPS) is 13.1. The molecule has 0 atom stereocenters. The van der Waals surface area contributed by atoms with Gasteiger partial charge < -0.3 is 15.4 Å². The van der Waals surface area contributed by atoms with Crippen molar-refractivity contribution < 1.29 is 19.2 Å². The number of carbonyl (C=O) groups excluding carboxylic acids is 2. The van der Waals surface area contributed by atoms with Crippen LogP contribution in [0.1, 0.15) is 54.1 Å². The first-order valence-corrected chi connectivity index (χ1v) is 9.87. The topological polar surface area (TPSA) is 111 Å². The van der Waals surface area contributed by atoms with Crippen LogP contribution in [0.4, 0.5) is 17.1 Å². The fraction of sp³-hybridized carbons (Fsp3) is 0.364. The Balaban J connectivity index is 1.65. The molecule has 0 spiro atoms. The number of hydrogen-bond acceptors (Lipinski definition) is 6. The summed E-state index contributed by atoms with van der Waals surface area (Å²) >= 11 is 0. The number of benzene rings is 2. The molecule has 1 amide bonds. The molecule has 1 aliphatic carbocycles. The summed E-state index contributed by atoms with van der Waals surface area (Å²) in [6.07, 6.45) is 1.94. The Morgan fingerprint density at radius 2 is 1.97 bits per heavy atom. The van der Waals surface area contributed by atoms with Crippen molar-refractivity contribution in [3.8, 4) is 0 Å². The summed E-state index contributed by atoms with van der Waals surface area (Å²) in [5, 5.41) is 17.2. The van der Waals surface area contributed by atoms with E-state index < -0.39 is 23.4 Å². The van der Waals surface area contributed by atoms with Crippen molar-refractivity contribution in [2.24, 2.45) is 0 Å². The van der Waals surface area contributed by atoms with Crippen LogP contribution in [0.2, 0.25) is 0 Å². The first-order valence-electron chi connectivity index (χ1n) is 9.87. The van der Waals surface area contributed by atoms with Crippen LogP contribution < -0.4 is 10.6 Å². The lowest BCUT2D eigenvalue weighted by atomic mass is 9.98. The SMILES string of the molecule is Cc1cccc(C(C)C)c1NC(=O)COC(=O)c1ccc(NC2CC2)c([N+](=O)[O-])c1. The van der Waals surface area contributed by atoms with E-state index in [1.54, 1.807) is 0 Å². The molecule has 3 rings (SSSR count). The average molecular weight is 411 g/mol. The number of aryl methyl sites for hydroxylation is 1. The zero-order valence-corrected chi connectivity index (χ0v) is 17.2. The summed E-state index contributed by atoms with van der Waals surface area (Å²) < 4.78 is 5.08. The summed E-state index contributed by atoms with van der Waals surface area (Å²) in [5.74, 6) is -1.05. The molecule has 30 heavy (non-hydrogen) atoms. The second-order valence-corrected chi connectivity index (χ2v) is 7.73. The van der Waals surface area contributed by atoms with Crippen molar-refractivity contribution in [2.75, 3.05) is 17.2 Å². The van der Waals surface area contributed by atoms with Crippen LogP contribution in [0.15, 0.2) is 36.4 Å². The molecule has 0 heterocycles. The predicted octanol–water partition coefficient (Wildman–Crippen LogP) is 4.40. The van der Waals surface area contributed by atoms with Crippen LogP contribution in [0.5, 0.6) is 0 Å². The molecule has 158 valence electrons. The van der Waals surface area contributed by atoms with E-state index in [0.717, 1.165) is 24.0 Å². The van der Waals surface area contributed by atoms with Crippen molar-refractivity contribution in [3.63, 3.8) is 0 Å². The highest BCUT2D eigenvalue weighted by Crippen LogP contribution is 2.32. The first kappa shape index (κ1) is 21.3. The summed E-state index contributed by atoms with van der Waals surface area (Å²) in [5.41, 5.74) is 2.81. The van der Waals surface area contributed by atoms with Crippen molar-refractivity contribution in [1.82, 2.24) is 0 Å². The van der Waals surface area contributed by atoms with Crippen molar-refractivity contribution >= 4 is 28.9 Å². The van der Waals surface area contributed by atoms with Gasteiger partial charge in [-0.2, -0.15) is 0 Å². The second kappa shape index (κ2) is 8.94. The van der Waals surface area contributed by atoms with E-state index in [4.69, 9.17) is 4.74 Å². The number of hydrogen-bond donors (Lipinski definition) is 2. The maximum absolute atomic E-state index is 12.3. The first-order chi connectivity index (χ1) is 14.3. The Bertz CT molecular complexity index is 983. The number of nitrogens with one attached hydrogen (secondary N) is 2. The molecule has 8 nitrogen and oxygen atoms in total. The molecule has 2 aromatic rings. The van der Waals surface area contributed by atoms with E-state index in [9.17, 15) is 19.7 Å². The van der Waals surface area contributed by atoms with Gasteiger partial charge in [-0.15, -0.1) is 0 Å². The molecule has 0 bridgehead atoms. The number of ether oxygens (including phenoxy) is 1. The number of carbonyl (C=O) groups is 2. The molecule has 0 radical (unpaired) electrons. The van der Waals surface area contributed by atoms with Crippen molar-refractivity contribution in [2.45, 2.75) is 45.6 Å². The molecular formula is C22H25N3O5. The van der Waals surface area contributed by atoms with Gasteiger partial charge in [0.2, 0.25) is 0 Å². The zero-order valence-electron chi connectivity index (χ0n) is 17.2. The molecule has 0 saturated heterocycles. The Hall–Kier alpha value is -3.42. The van der Waals surface area contributed by atoms with Gasteiger partial charge in [0, 0.05) is 17.8 Å². The lowest BCUT2D eigenvalue weighted by molar-refractivity contribution is -0.384. The highest BCUT2D eigenvalue weighted by atomic mass is 16.6. The summed E-state index contributed by atoms with van der Waals surface area (Å²) in [7, 11) is 0. The summed E-state index contributed by atoms with van der Waals surface area (Å²) in [6.45, 7) is 5.46. The lowest BCUT2D eigenvalue weighted by Gasteiger charge is -2.16. The number of amides is 1. The number of esters is 1. The molecule has 1 aliphatic rings. The predicted molar refractivity (Wildman–Crippen MR) is 114 cm³/mol. The number of rotatable bonds is 8. The fourth-order valence-corrected chi connectivity index (χ4v) is 3.11. The van der Waals surface area contributed by atoms with Crippen LogP contribution >= 0.6 is 0 Å². The molecule has 2 N–H and O–H groups in total. The van der Waals surface area contributed by atoms with Crippen LogP contribution in [0.3, 0.4) is 0 Å². The van der Waals surface area contributed by atoms with Gasteiger partial charge in [0.05, 0.1) is 10.5 Å². The van der Waals surface area contributed by atoms with Crippen molar-refractivity contribution in [3.05, 3.63) is 63.2 Å². The standard InChI is InChI=1S/C22H25N3O5/c1-13(2)17-6-4-5-14(3)21(17)24-20(26)12-30-22(27)15-7-10-18(23-16-8-9-16)19(11-15)25(28)29/h4-7,10-11,13,16,23H,8-9,12H2,1-3H3,(H,24,26). The highest BCUT2D eigenvalue weighted by molar-refractivity contribution is 5.97. The smallest absolute Gasteiger partial charge is 0.338 e. The van der Waals surface area contributed by atoms with Crippen molar-refractivity contribution in [1.29, 1.82) is 0 Å². The second-order valence-electron chi connectivity index (χ2n) is 7.73. The van der Waals surface area contributed by atoms with Gasteiger partial charge in [-0.1, -0.05) is 32.0 Å². The largest absolute Gasteiger partial charge is 0.452 e. The number of nitro groups is 1. The quantitative estimate of drug-likeness (QED) is 0.378. The van der Waals surface area contributed by atoms with E-state index in [1.807, 2.05) is 39.0 Å². The fourth-order valence-electron chi connectivity index (χ4n) is 3.11. The van der Waals surface area contributed by atoms with E-state index in [1.165, 1.54) is 18.2 Å². The van der Waals surface area contributed by atoms with Gasteiger partial charge >= 0.3 is 5.97 Å². The Kier molecular flexibility index (Phi) is 6.34. The van der Waals surface area contributed by atoms with Crippen LogP contribution in [-0.2, 0) is 9.53 Å². The molecule has 8 heteroatoms. The lowest BCUT2D eigenvalue weighted by Crippen LogP contribution is -2.22. The summed E-state index contributed by atoms with van der Waals surface area (Å²) in [6, 6.07) is 10.1. The highest BCUT2D eigenvalue weighted by Gasteiger charge is 2.26. The molecular weight excluding hydrogens is 386 g/mol. The van der Waals surface area contributed by atoms with E-state index in [-0.39, 0.29) is 23.2 Å². The molecule has 1 saturated carbocycles. The monoisotopic (exact) mass is 411 g/mol. The third-order valence-electron chi connectivity index (χ3n) is 4.89. The van der Waals surface area contributed by atoms with Gasteiger partial charge in [-0.05, 0) is 48.9 Å². The van der Waals surface area contributed by atoms with Crippen LogP contribution in [-0.4, -0.2) is 29.4 Å². The number of anilines is 2. The summed E-state index contributed by atoms with van der Waals surface area (Å²) in [4.78, 5) is 35.4. The zero-order chi connectivity index (χ0) is 21.8. The minimum absolute atomic E-state index is 0.0228. The van der Waals surface area contributed by atoms with Crippen LogP contribution in [0, 0.1) is 17.0 Å². The minimum Gasteiger partial charge on any atom is -0.452 e. The Morgan fingerprint density at radius 1 is 1.23 bits per heavy atom. The number of nitrogens with zero attached hydrogens (tertiary/aromatic N) is 1. The van der Waals surface area contributed by atoms with Gasteiger partial charge in [0.25, 0.3) is 11.6 Å². The molecule has 2 aromatic carbocycles. The maximum Gasteiger partial charge on any atom is 0.338 e. The third kappa shape index (κ3) is 5.14. The van der Waals surface area contributed by atoms with E-state index in [0.29, 0.717) is 11.4 Å². The van der Waals surface area contributed by atoms with E-state index >= 15 is 0 Å². The molecule has 0 aromatic heterocycles. The number of para-hydroxylation sites is 1. The number of nitro benzene ring substituents is 1. The molecule has 1 fully saturated rings. The molecule has 0 unspecified atom stereocenters. The Labute approximate surface area is 174 Å². The molecule has 0 aliphatic heterocycles. The Morgan fingerprint density at radius 3 is 2.60 bits per heavy atom. The average Bonchev–Trinajstić information content (AvgIpc) is 3.51. The van der Waals surface area contributed by atoms with Gasteiger partial charge in [-0.3, -0.25) is 14.9 Å². The minimum atomic E-state index is -0.792.